The molecule has 0 saturated heterocycles. The minimum absolute atomic E-state index is 0. The molecule has 0 aromatic heterocycles. The number of hydrogen-bond acceptors (Lipinski definition) is 2. The second-order valence-electron chi connectivity index (χ2n) is 5.01. The van der Waals surface area contributed by atoms with Gasteiger partial charge in [0.05, 0.1) is 0 Å². The van der Waals surface area contributed by atoms with Crippen molar-refractivity contribution in [2.45, 2.75) is 51.0 Å². The lowest BCUT2D eigenvalue weighted by Crippen LogP contribution is -2.29. The quantitative estimate of drug-likeness (QED) is 0.796. The molecule has 0 spiro atoms. The van der Waals surface area contributed by atoms with E-state index in [4.69, 9.17) is 5.73 Å². The standard InChI is InChI=1S/C12H22N2O.ClH/c13-7-6-12(15)14-11-8-10(11)9-4-2-1-3-5-9;/h9-11H,1-8,13H2,(H,14,15);1H. The van der Waals surface area contributed by atoms with Gasteiger partial charge >= 0.3 is 0 Å². The molecule has 1 amide bonds. The SMILES string of the molecule is Cl.NCCC(=O)NC1CC1C1CCCCC1. The average Bonchev–Trinajstić information content (AvgIpc) is 2.99. The second kappa shape index (κ2) is 6.45. The molecule has 0 aliphatic heterocycles. The van der Waals surface area contributed by atoms with E-state index < -0.39 is 0 Å². The van der Waals surface area contributed by atoms with Crippen LogP contribution in [0.25, 0.3) is 0 Å². The molecule has 2 aliphatic rings. The first-order chi connectivity index (χ1) is 7.31. The molecule has 0 heterocycles. The number of amides is 1. The molecule has 0 radical (unpaired) electrons. The molecule has 2 rings (SSSR count). The topological polar surface area (TPSA) is 55.1 Å². The van der Waals surface area contributed by atoms with E-state index in [0.29, 0.717) is 19.0 Å². The summed E-state index contributed by atoms with van der Waals surface area (Å²) in [4.78, 5) is 11.3. The fourth-order valence-electron chi connectivity index (χ4n) is 2.87. The van der Waals surface area contributed by atoms with Gasteiger partial charge in [0.25, 0.3) is 0 Å². The van der Waals surface area contributed by atoms with E-state index in [1.165, 1.54) is 38.5 Å². The molecule has 2 unspecified atom stereocenters. The lowest BCUT2D eigenvalue weighted by atomic mass is 9.85. The molecule has 3 nitrogen and oxygen atoms in total. The summed E-state index contributed by atoms with van der Waals surface area (Å²) in [5, 5.41) is 3.08. The Kier molecular flexibility index (Phi) is 5.56. The summed E-state index contributed by atoms with van der Waals surface area (Å²) in [7, 11) is 0. The number of nitrogens with two attached hydrogens (primary N) is 1. The summed E-state index contributed by atoms with van der Waals surface area (Å²) in [6, 6.07) is 0.479. The van der Waals surface area contributed by atoms with Crippen molar-refractivity contribution in [3.8, 4) is 0 Å². The predicted molar refractivity (Wildman–Crippen MR) is 67.5 cm³/mol. The van der Waals surface area contributed by atoms with Crippen LogP contribution in [0.3, 0.4) is 0 Å². The first kappa shape index (κ1) is 13.8. The largest absolute Gasteiger partial charge is 0.353 e. The normalized spacial score (nSPS) is 29.3. The fourth-order valence-corrected chi connectivity index (χ4v) is 2.87. The molecule has 3 N–H and O–H groups in total. The highest BCUT2D eigenvalue weighted by molar-refractivity contribution is 5.85. The Bertz CT molecular complexity index is 229. The molecule has 4 heteroatoms. The summed E-state index contributed by atoms with van der Waals surface area (Å²) in [5.74, 6) is 1.81. The molecule has 0 aromatic carbocycles. The first-order valence-corrected chi connectivity index (χ1v) is 6.30. The van der Waals surface area contributed by atoms with Crippen LogP contribution < -0.4 is 11.1 Å². The van der Waals surface area contributed by atoms with Crippen molar-refractivity contribution < 1.29 is 4.79 Å². The van der Waals surface area contributed by atoms with E-state index in [1.807, 2.05) is 0 Å². The van der Waals surface area contributed by atoms with Gasteiger partial charge in [-0.3, -0.25) is 4.79 Å². The van der Waals surface area contributed by atoms with Gasteiger partial charge in [-0.25, -0.2) is 0 Å². The van der Waals surface area contributed by atoms with Gasteiger partial charge in [-0.05, 0) is 18.3 Å². The average molecular weight is 247 g/mol. The van der Waals surface area contributed by atoms with Gasteiger partial charge in [0, 0.05) is 19.0 Å². The number of carbonyl (C=O) groups excluding carboxylic acids is 1. The monoisotopic (exact) mass is 246 g/mol. The Morgan fingerprint density at radius 3 is 2.56 bits per heavy atom. The van der Waals surface area contributed by atoms with E-state index in [0.717, 1.165) is 11.8 Å². The van der Waals surface area contributed by atoms with Crippen molar-refractivity contribution in [1.82, 2.24) is 5.32 Å². The summed E-state index contributed by atoms with van der Waals surface area (Å²) < 4.78 is 0. The highest BCUT2D eigenvalue weighted by atomic mass is 35.5. The molecule has 94 valence electrons. The zero-order valence-electron chi connectivity index (χ0n) is 9.78. The van der Waals surface area contributed by atoms with E-state index in [-0.39, 0.29) is 18.3 Å². The third-order valence-corrected chi connectivity index (χ3v) is 3.81. The van der Waals surface area contributed by atoms with Crippen LogP contribution in [0.15, 0.2) is 0 Å². The van der Waals surface area contributed by atoms with Crippen LogP contribution >= 0.6 is 12.4 Å². The maximum atomic E-state index is 11.3. The number of carbonyl (C=O) groups is 1. The summed E-state index contributed by atoms with van der Waals surface area (Å²) in [5.41, 5.74) is 5.34. The lowest BCUT2D eigenvalue weighted by Gasteiger charge is -2.21. The fraction of sp³-hybridized carbons (Fsp3) is 0.917. The molecule has 2 aliphatic carbocycles. The van der Waals surface area contributed by atoms with Crippen molar-refractivity contribution in [1.29, 1.82) is 0 Å². The predicted octanol–water partition coefficient (Wildman–Crippen LogP) is 1.84. The van der Waals surface area contributed by atoms with Crippen molar-refractivity contribution in [2.75, 3.05) is 6.54 Å². The van der Waals surface area contributed by atoms with Gasteiger partial charge in [0.15, 0.2) is 0 Å². The van der Waals surface area contributed by atoms with Crippen LogP contribution in [0.5, 0.6) is 0 Å². The number of hydrogen-bond donors (Lipinski definition) is 2. The maximum absolute atomic E-state index is 11.3. The van der Waals surface area contributed by atoms with Gasteiger partial charge < -0.3 is 11.1 Å². The molecular weight excluding hydrogens is 224 g/mol. The molecule has 16 heavy (non-hydrogen) atoms. The van der Waals surface area contributed by atoms with Crippen LogP contribution in [0.4, 0.5) is 0 Å². The van der Waals surface area contributed by atoms with Crippen LogP contribution in [-0.4, -0.2) is 18.5 Å². The maximum Gasteiger partial charge on any atom is 0.221 e. The van der Waals surface area contributed by atoms with Gasteiger partial charge in [0.1, 0.15) is 0 Å². The van der Waals surface area contributed by atoms with Crippen molar-refractivity contribution in [3.05, 3.63) is 0 Å². The van der Waals surface area contributed by atoms with E-state index in [2.05, 4.69) is 5.32 Å². The van der Waals surface area contributed by atoms with Gasteiger partial charge in [0.2, 0.25) is 5.91 Å². The second-order valence-corrected chi connectivity index (χ2v) is 5.01. The zero-order chi connectivity index (χ0) is 10.7. The minimum Gasteiger partial charge on any atom is -0.353 e. The van der Waals surface area contributed by atoms with Crippen LogP contribution in [0, 0.1) is 11.8 Å². The highest BCUT2D eigenvalue weighted by Gasteiger charge is 2.43. The third-order valence-electron chi connectivity index (χ3n) is 3.81. The van der Waals surface area contributed by atoms with Gasteiger partial charge in [-0.15, -0.1) is 12.4 Å². The Morgan fingerprint density at radius 2 is 1.94 bits per heavy atom. The molecule has 2 saturated carbocycles. The Hall–Kier alpha value is -0.280. The smallest absolute Gasteiger partial charge is 0.221 e. The van der Waals surface area contributed by atoms with Gasteiger partial charge in [-0.2, -0.15) is 0 Å². The molecule has 0 bridgehead atoms. The van der Waals surface area contributed by atoms with Crippen LogP contribution in [0.1, 0.15) is 44.9 Å². The van der Waals surface area contributed by atoms with E-state index in [1.54, 1.807) is 0 Å². The summed E-state index contributed by atoms with van der Waals surface area (Å²) in [6.07, 6.45) is 8.65. The Labute approximate surface area is 104 Å². The number of halogens is 1. The molecule has 2 fully saturated rings. The highest BCUT2D eigenvalue weighted by Crippen LogP contribution is 2.44. The Morgan fingerprint density at radius 1 is 1.25 bits per heavy atom. The first-order valence-electron chi connectivity index (χ1n) is 6.30. The van der Waals surface area contributed by atoms with Crippen molar-refractivity contribution in [3.63, 3.8) is 0 Å². The molecule has 2 atom stereocenters. The van der Waals surface area contributed by atoms with Crippen LogP contribution in [-0.2, 0) is 4.79 Å². The lowest BCUT2D eigenvalue weighted by molar-refractivity contribution is -0.121. The minimum atomic E-state index is 0. The summed E-state index contributed by atoms with van der Waals surface area (Å²) in [6.45, 7) is 0.465. The third kappa shape index (κ3) is 3.63. The van der Waals surface area contributed by atoms with Gasteiger partial charge in [-0.1, -0.05) is 32.1 Å². The summed E-state index contributed by atoms with van der Waals surface area (Å²) >= 11 is 0. The number of rotatable bonds is 4. The van der Waals surface area contributed by atoms with E-state index >= 15 is 0 Å². The zero-order valence-corrected chi connectivity index (χ0v) is 10.6. The molecular formula is C12H23ClN2O. The van der Waals surface area contributed by atoms with Crippen molar-refractivity contribution in [2.24, 2.45) is 17.6 Å². The molecule has 0 aromatic rings. The van der Waals surface area contributed by atoms with Crippen LogP contribution in [0.2, 0.25) is 0 Å². The number of nitrogens with one attached hydrogen (secondary N) is 1. The van der Waals surface area contributed by atoms with Crippen molar-refractivity contribution >= 4 is 18.3 Å². The Balaban J connectivity index is 0.00000128. The van der Waals surface area contributed by atoms with E-state index in [9.17, 15) is 4.79 Å².